The number of hydrogen-bond donors (Lipinski definition) is 2. The zero-order valence-electron chi connectivity index (χ0n) is 10.2. The topological polar surface area (TPSA) is 66.4 Å². The van der Waals surface area contributed by atoms with Gasteiger partial charge in [-0.2, -0.15) is 0 Å². The maximum Gasteiger partial charge on any atom is 0.404 e. The van der Waals surface area contributed by atoms with Gasteiger partial charge in [0, 0.05) is 12.1 Å². The minimum absolute atomic E-state index is 0.260. The lowest BCUT2D eigenvalue weighted by Gasteiger charge is -2.06. The second kappa shape index (κ2) is 5.82. The maximum atomic E-state index is 10.8. The summed E-state index contributed by atoms with van der Waals surface area (Å²) in [4.78, 5) is 21.2. The van der Waals surface area contributed by atoms with Gasteiger partial charge in [-0.3, -0.25) is 4.79 Å². The molecule has 0 aliphatic carbocycles. The van der Waals surface area contributed by atoms with Crippen LogP contribution in [0.5, 0.6) is 0 Å². The highest BCUT2D eigenvalue weighted by atomic mass is 16.4. The Labute approximate surface area is 110 Å². The lowest BCUT2D eigenvalue weighted by Crippen LogP contribution is -2.19. The average molecular weight is 255 g/mol. The van der Waals surface area contributed by atoms with Gasteiger partial charge in [0.1, 0.15) is 6.29 Å². The minimum Gasteiger partial charge on any atom is -0.465 e. The van der Waals surface area contributed by atoms with Gasteiger partial charge in [-0.25, -0.2) is 4.79 Å². The monoisotopic (exact) mass is 255 g/mol. The van der Waals surface area contributed by atoms with Crippen molar-refractivity contribution in [2.75, 3.05) is 0 Å². The summed E-state index contributed by atoms with van der Waals surface area (Å²) in [5, 5.41) is 10.9. The number of aldehydes is 1. The molecule has 0 aliphatic rings. The Hall–Kier alpha value is -2.62. The van der Waals surface area contributed by atoms with Crippen molar-refractivity contribution in [2.24, 2.45) is 0 Å². The molecule has 19 heavy (non-hydrogen) atoms. The predicted octanol–water partition coefficient (Wildman–Crippen LogP) is 2.93. The Morgan fingerprint density at radius 2 is 1.79 bits per heavy atom. The lowest BCUT2D eigenvalue weighted by molar-refractivity contribution is 0.112. The Morgan fingerprint density at radius 1 is 1.11 bits per heavy atom. The van der Waals surface area contributed by atoms with Crippen molar-refractivity contribution in [1.82, 2.24) is 5.32 Å². The number of carboxylic acid groups (broad SMARTS) is 1. The first kappa shape index (κ1) is 12.8. The summed E-state index contributed by atoms with van der Waals surface area (Å²) in [7, 11) is 0. The van der Waals surface area contributed by atoms with Crippen LogP contribution >= 0.6 is 0 Å². The number of hydrogen-bond acceptors (Lipinski definition) is 2. The van der Waals surface area contributed by atoms with Crippen molar-refractivity contribution in [3.05, 3.63) is 59.7 Å². The summed E-state index contributed by atoms with van der Waals surface area (Å²) < 4.78 is 0. The van der Waals surface area contributed by atoms with Crippen molar-refractivity contribution < 1.29 is 14.7 Å². The van der Waals surface area contributed by atoms with E-state index in [2.05, 4.69) is 5.32 Å². The van der Waals surface area contributed by atoms with Crippen LogP contribution < -0.4 is 5.32 Å². The molecule has 0 saturated carbocycles. The van der Waals surface area contributed by atoms with Gasteiger partial charge in [-0.1, -0.05) is 36.4 Å². The molecule has 2 aromatic carbocycles. The second-order valence-corrected chi connectivity index (χ2v) is 4.10. The second-order valence-electron chi connectivity index (χ2n) is 4.10. The summed E-state index contributed by atoms with van der Waals surface area (Å²) in [6.07, 6.45) is -0.243. The van der Waals surface area contributed by atoms with E-state index in [9.17, 15) is 9.59 Å². The van der Waals surface area contributed by atoms with Crippen molar-refractivity contribution >= 4 is 12.4 Å². The van der Waals surface area contributed by atoms with Gasteiger partial charge in [0.2, 0.25) is 0 Å². The Balaban J connectivity index is 2.26. The smallest absolute Gasteiger partial charge is 0.404 e. The van der Waals surface area contributed by atoms with E-state index >= 15 is 0 Å². The normalized spacial score (nSPS) is 9.89. The maximum absolute atomic E-state index is 10.8. The third-order valence-corrected chi connectivity index (χ3v) is 2.73. The number of nitrogens with one attached hydrogen (secondary N) is 1. The third kappa shape index (κ3) is 3.42. The van der Waals surface area contributed by atoms with Gasteiger partial charge in [-0.05, 0) is 28.8 Å². The van der Waals surface area contributed by atoms with E-state index in [4.69, 9.17) is 5.11 Å². The van der Waals surface area contributed by atoms with Crippen LogP contribution in [0.25, 0.3) is 11.1 Å². The van der Waals surface area contributed by atoms with Crippen LogP contribution in [0.1, 0.15) is 15.9 Å². The van der Waals surface area contributed by atoms with E-state index in [0.29, 0.717) is 5.56 Å². The fourth-order valence-electron chi connectivity index (χ4n) is 1.83. The molecule has 0 spiro atoms. The van der Waals surface area contributed by atoms with E-state index in [0.717, 1.165) is 23.0 Å². The molecule has 1 amide bonds. The molecular formula is C15H13NO3. The molecule has 96 valence electrons. The van der Waals surface area contributed by atoms with Gasteiger partial charge < -0.3 is 10.4 Å². The van der Waals surface area contributed by atoms with E-state index in [1.165, 1.54) is 0 Å². The Bertz CT molecular complexity index is 608. The quantitative estimate of drug-likeness (QED) is 0.825. The Morgan fingerprint density at radius 3 is 2.47 bits per heavy atom. The highest BCUT2D eigenvalue weighted by molar-refractivity contribution is 5.79. The summed E-state index contributed by atoms with van der Waals surface area (Å²) >= 11 is 0. The molecule has 0 aliphatic heterocycles. The number of amides is 1. The molecule has 0 heterocycles. The van der Waals surface area contributed by atoms with Gasteiger partial charge >= 0.3 is 6.09 Å². The molecule has 0 fully saturated rings. The Kier molecular flexibility index (Phi) is 3.93. The first-order valence-electron chi connectivity index (χ1n) is 5.80. The minimum atomic E-state index is -1.05. The van der Waals surface area contributed by atoms with Gasteiger partial charge in [0.15, 0.2) is 0 Å². The number of benzene rings is 2. The standard InChI is InChI=1S/C15H13NO3/c17-10-12-4-2-6-14(8-12)13-5-1-3-11(7-13)9-16-15(18)19/h1-8,10,16H,9H2,(H,18,19). The molecule has 2 rings (SSSR count). The number of rotatable bonds is 4. The summed E-state index contributed by atoms with van der Waals surface area (Å²) in [6.45, 7) is 0.260. The van der Waals surface area contributed by atoms with Crippen LogP contribution in [-0.2, 0) is 6.54 Å². The van der Waals surface area contributed by atoms with Crippen LogP contribution in [0.2, 0.25) is 0 Å². The van der Waals surface area contributed by atoms with E-state index in [1.54, 1.807) is 12.1 Å². The zero-order valence-corrected chi connectivity index (χ0v) is 10.2. The molecule has 0 saturated heterocycles. The fraction of sp³-hybridized carbons (Fsp3) is 0.0667. The summed E-state index contributed by atoms with van der Waals surface area (Å²) in [6, 6.07) is 14.8. The molecule has 4 nitrogen and oxygen atoms in total. The van der Waals surface area contributed by atoms with E-state index < -0.39 is 6.09 Å². The van der Waals surface area contributed by atoms with Crippen molar-refractivity contribution in [2.45, 2.75) is 6.54 Å². The molecule has 2 aromatic rings. The molecule has 4 heteroatoms. The van der Waals surface area contributed by atoms with Crippen molar-refractivity contribution in [3.63, 3.8) is 0 Å². The van der Waals surface area contributed by atoms with Gasteiger partial charge in [0.05, 0.1) is 0 Å². The van der Waals surface area contributed by atoms with Crippen LogP contribution in [0.4, 0.5) is 4.79 Å². The number of carbonyl (C=O) groups is 2. The molecule has 0 atom stereocenters. The summed E-state index contributed by atoms with van der Waals surface area (Å²) in [5.74, 6) is 0. The highest BCUT2D eigenvalue weighted by Gasteiger charge is 2.02. The molecule has 2 N–H and O–H groups in total. The van der Waals surface area contributed by atoms with Crippen LogP contribution in [0.15, 0.2) is 48.5 Å². The largest absolute Gasteiger partial charge is 0.465 e. The van der Waals surface area contributed by atoms with E-state index in [1.807, 2.05) is 36.4 Å². The first-order chi connectivity index (χ1) is 9.19. The molecule has 0 unspecified atom stereocenters. The first-order valence-corrected chi connectivity index (χ1v) is 5.80. The van der Waals surface area contributed by atoms with Crippen LogP contribution in [0, 0.1) is 0 Å². The van der Waals surface area contributed by atoms with Gasteiger partial charge in [-0.15, -0.1) is 0 Å². The molecule has 0 aromatic heterocycles. The highest BCUT2D eigenvalue weighted by Crippen LogP contribution is 2.21. The zero-order chi connectivity index (χ0) is 13.7. The number of carbonyl (C=O) groups excluding carboxylic acids is 1. The SMILES string of the molecule is O=Cc1cccc(-c2cccc(CNC(=O)O)c2)c1. The third-order valence-electron chi connectivity index (χ3n) is 2.73. The molecular weight excluding hydrogens is 242 g/mol. The molecule has 0 radical (unpaired) electrons. The van der Waals surface area contributed by atoms with E-state index in [-0.39, 0.29) is 6.54 Å². The van der Waals surface area contributed by atoms with Crippen molar-refractivity contribution in [3.8, 4) is 11.1 Å². The van der Waals surface area contributed by atoms with Crippen LogP contribution in [0.3, 0.4) is 0 Å². The fourth-order valence-corrected chi connectivity index (χ4v) is 1.83. The average Bonchev–Trinajstić information content (AvgIpc) is 2.45. The van der Waals surface area contributed by atoms with Crippen LogP contribution in [-0.4, -0.2) is 17.5 Å². The van der Waals surface area contributed by atoms with Gasteiger partial charge in [0.25, 0.3) is 0 Å². The molecule has 0 bridgehead atoms. The predicted molar refractivity (Wildman–Crippen MR) is 72.1 cm³/mol. The summed E-state index contributed by atoms with van der Waals surface area (Å²) in [5.41, 5.74) is 3.37. The lowest BCUT2D eigenvalue weighted by atomic mass is 10.0. The van der Waals surface area contributed by atoms with Crippen molar-refractivity contribution in [1.29, 1.82) is 0 Å².